The number of hydrogen-bond donors (Lipinski definition) is 1. The Labute approximate surface area is 117 Å². The highest BCUT2D eigenvalue weighted by Gasteiger charge is 2.20. The molecule has 1 saturated heterocycles. The molecular formula is C17H27NO. The Morgan fingerprint density at radius 2 is 2.05 bits per heavy atom. The summed E-state index contributed by atoms with van der Waals surface area (Å²) in [7, 11) is 0. The molecule has 0 aromatic heterocycles. The van der Waals surface area contributed by atoms with E-state index in [1.165, 1.54) is 42.4 Å². The average molecular weight is 261 g/mol. The predicted octanol–water partition coefficient (Wildman–Crippen LogP) is 3.91. The van der Waals surface area contributed by atoms with Crippen molar-refractivity contribution in [2.45, 2.75) is 58.6 Å². The average Bonchev–Trinajstić information content (AvgIpc) is 2.88. The molecule has 0 radical (unpaired) electrons. The fourth-order valence-electron chi connectivity index (χ4n) is 3.20. The van der Waals surface area contributed by atoms with Crippen LogP contribution < -0.4 is 5.32 Å². The summed E-state index contributed by atoms with van der Waals surface area (Å²) in [6.07, 6.45) is 5.31. The van der Waals surface area contributed by atoms with Gasteiger partial charge in [0, 0.05) is 12.6 Å². The van der Waals surface area contributed by atoms with E-state index in [9.17, 15) is 0 Å². The van der Waals surface area contributed by atoms with Crippen LogP contribution in [0.2, 0.25) is 0 Å². The van der Waals surface area contributed by atoms with Crippen molar-refractivity contribution in [2.24, 2.45) is 0 Å². The zero-order valence-corrected chi connectivity index (χ0v) is 12.5. The van der Waals surface area contributed by atoms with E-state index >= 15 is 0 Å². The number of benzene rings is 1. The Morgan fingerprint density at radius 1 is 1.32 bits per heavy atom. The molecule has 0 bridgehead atoms. The van der Waals surface area contributed by atoms with E-state index in [1.54, 1.807) is 0 Å². The molecular weight excluding hydrogens is 234 g/mol. The Hall–Kier alpha value is -0.860. The van der Waals surface area contributed by atoms with Gasteiger partial charge in [0.1, 0.15) is 0 Å². The fraction of sp³-hybridized carbons (Fsp3) is 0.647. The van der Waals surface area contributed by atoms with Crippen LogP contribution in [0.25, 0.3) is 0 Å². The maximum Gasteiger partial charge on any atom is 0.0576 e. The Kier molecular flexibility index (Phi) is 5.41. The zero-order chi connectivity index (χ0) is 13.7. The van der Waals surface area contributed by atoms with Gasteiger partial charge < -0.3 is 10.1 Å². The third-order valence-corrected chi connectivity index (χ3v) is 4.14. The van der Waals surface area contributed by atoms with E-state index < -0.39 is 0 Å². The van der Waals surface area contributed by atoms with E-state index in [2.05, 4.69) is 44.3 Å². The van der Waals surface area contributed by atoms with Crippen molar-refractivity contribution in [3.05, 3.63) is 34.9 Å². The highest BCUT2D eigenvalue weighted by molar-refractivity contribution is 5.36. The first-order valence-corrected chi connectivity index (χ1v) is 7.63. The van der Waals surface area contributed by atoms with Crippen LogP contribution in [0.4, 0.5) is 0 Å². The topological polar surface area (TPSA) is 21.3 Å². The van der Waals surface area contributed by atoms with Gasteiger partial charge in [-0.3, -0.25) is 0 Å². The summed E-state index contributed by atoms with van der Waals surface area (Å²) in [5.41, 5.74) is 4.29. The van der Waals surface area contributed by atoms with Gasteiger partial charge in [0.2, 0.25) is 0 Å². The lowest BCUT2D eigenvalue weighted by molar-refractivity contribution is 0.0996. The van der Waals surface area contributed by atoms with Gasteiger partial charge in [0.05, 0.1) is 6.10 Å². The minimum Gasteiger partial charge on any atom is -0.378 e. The third kappa shape index (κ3) is 3.80. The Bertz CT molecular complexity index is 376. The fourth-order valence-corrected chi connectivity index (χ4v) is 3.20. The van der Waals surface area contributed by atoms with Crippen molar-refractivity contribution < 1.29 is 4.74 Å². The first-order chi connectivity index (χ1) is 9.22. The van der Waals surface area contributed by atoms with Crippen molar-refractivity contribution in [2.75, 3.05) is 13.2 Å². The summed E-state index contributed by atoms with van der Waals surface area (Å²) in [5.74, 6) is 0. The summed E-state index contributed by atoms with van der Waals surface area (Å²) in [5, 5.41) is 3.65. The van der Waals surface area contributed by atoms with Crippen LogP contribution in [-0.4, -0.2) is 19.3 Å². The molecule has 0 amide bonds. The van der Waals surface area contributed by atoms with Crippen LogP contribution in [0.3, 0.4) is 0 Å². The lowest BCUT2D eigenvalue weighted by atomic mass is 9.92. The summed E-state index contributed by atoms with van der Waals surface area (Å²) in [6.45, 7) is 8.61. The second-order valence-electron chi connectivity index (χ2n) is 5.63. The molecule has 0 aliphatic carbocycles. The van der Waals surface area contributed by atoms with Gasteiger partial charge in [-0.15, -0.1) is 0 Å². The maximum atomic E-state index is 5.75. The summed E-state index contributed by atoms with van der Waals surface area (Å²) >= 11 is 0. The van der Waals surface area contributed by atoms with Crippen LogP contribution in [0.5, 0.6) is 0 Å². The summed E-state index contributed by atoms with van der Waals surface area (Å²) < 4.78 is 5.75. The molecule has 1 aromatic carbocycles. The van der Waals surface area contributed by atoms with Gasteiger partial charge in [-0.25, -0.2) is 0 Å². The molecule has 1 N–H and O–H groups in total. The monoisotopic (exact) mass is 261 g/mol. The molecule has 0 saturated carbocycles. The largest absolute Gasteiger partial charge is 0.378 e. The minimum atomic E-state index is 0.468. The molecule has 2 nitrogen and oxygen atoms in total. The number of rotatable bonds is 6. The van der Waals surface area contributed by atoms with Gasteiger partial charge in [0.15, 0.2) is 0 Å². The van der Waals surface area contributed by atoms with Gasteiger partial charge >= 0.3 is 0 Å². The highest BCUT2D eigenvalue weighted by Crippen LogP contribution is 2.28. The Balaban J connectivity index is 2.05. The van der Waals surface area contributed by atoms with Gasteiger partial charge in [-0.05, 0) is 62.8 Å². The van der Waals surface area contributed by atoms with Crippen LogP contribution in [0, 0.1) is 13.8 Å². The third-order valence-electron chi connectivity index (χ3n) is 4.14. The second-order valence-corrected chi connectivity index (χ2v) is 5.63. The van der Waals surface area contributed by atoms with E-state index in [0.29, 0.717) is 12.1 Å². The molecule has 0 spiro atoms. The molecule has 19 heavy (non-hydrogen) atoms. The van der Waals surface area contributed by atoms with Crippen LogP contribution in [0.15, 0.2) is 18.2 Å². The lowest BCUT2D eigenvalue weighted by Gasteiger charge is -2.23. The van der Waals surface area contributed by atoms with Crippen LogP contribution in [0.1, 0.15) is 55.3 Å². The standard InChI is InChI=1S/C17H27NO/c1-4-18-16(11-10-15-9-6-12-19-15)17-13(2)7-5-8-14(17)3/h5,7-8,15-16,18H,4,6,9-12H2,1-3H3. The smallest absolute Gasteiger partial charge is 0.0576 e. The maximum absolute atomic E-state index is 5.75. The number of ether oxygens (including phenoxy) is 1. The molecule has 1 fully saturated rings. The van der Waals surface area contributed by atoms with Crippen molar-refractivity contribution in [1.82, 2.24) is 5.32 Å². The summed E-state index contributed by atoms with van der Waals surface area (Å²) in [4.78, 5) is 0. The van der Waals surface area contributed by atoms with E-state index in [0.717, 1.165) is 13.2 Å². The molecule has 2 rings (SSSR count). The molecule has 2 heteroatoms. The van der Waals surface area contributed by atoms with Gasteiger partial charge in [0.25, 0.3) is 0 Å². The van der Waals surface area contributed by atoms with Crippen molar-refractivity contribution >= 4 is 0 Å². The van der Waals surface area contributed by atoms with E-state index in [-0.39, 0.29) is 0 Å². The predicted molar refractivity (Wildman–Crippen MR) is 80.5 cm³/mol. The molecule has 1 heterocycles. The second kappa shape index (κ2) is 7.06. The lowest BCUT2D eigenvalue weighted by Crippen LogP contribution is -2.24. The number of nitrogens with one attached hydrogen (secondary N) is 1. The zero-order valence-electron chi connectivity index (χ0n) is 12.5. The molecule has 1 aliphatic heterocycles. The SMILES string of the molecule is CCNC(CCC1CCCO1)c1c(C)cccc1C. The van der Waals surface area contributed by atoms with Crippen LogP contribution in [-0.2, 0) is 4.74 Å². The van der Waals surface area contributed by atoms with E-state index in [4.69, 9.17) is 4.74 Å². The van der Waals surface area contributed by atoms with Crippen molar-refractivity contribution in [1.29, 1.82) is 0 Å². The molecule has 2 atom stereocenters. The van der Waals surface area contributed by atoms with Crippen LogP contribution >= 0.6 is 0 Å². The minimum absolute atomic E-state index is 0.468. The molecule has 1 aromatic rings. The van der Waals surface area contributed by atoms with Crippen molar-refractivity contribution in [3.63, 3.8) is 0 Å². The Morgan fingerprint density at radius 3 is 2.63 bits per heavy atom. The summed E-state index contributed by atoms with van der Waals surface area (Å²) in [6, 6.07) is 7.06. The van der Waals surface area contributed by atoms with Gasteiger partial charge in [-0.1, -0.05) is 25.1 Å². The molecule has 2 unspecified atom stereocenters. The van der Waals surface area contributed by atoms with E-state index in [1.807, 2.05) is 0 Å². The number of aryl methyl sites for hydroxylation is 2. The first kappa shape index (κ1) is 14.5. The highest BCUT2D eigenvalue weighted by atomic mass is 16.5. The molecule has 1 aliphatic rings. The van der Waals surface area contributed by atoms with Gasteiger partial charge in [-0.2, -0.15) is 0 Å². The quantitative estimate of drug-likeness (QED) is 0.838. The normalized spacial score (nSPS) is 20.7. The molecule has 106 valence electrons. The first-order valence-electron chi connectivity index (χ1n) is 7.63. The van der Waals surface area contributed by atoms with Crippen molar-refractivity contribution in [3.8, 4) is 0 Å². The number of hydrogen-bond acceptors (Lipinski definition) is 2.